The Labute approximate surface area is 90.9 Å². The van der Waals surface area contributed by atoms with E-state index in [2.05, 4.69) is 30.7 Å². The summed E-state index contributed by atoms with van der Waals surface area (Å²) in [5.41, 5.74) is 0.227. The molecule has 0 aliphatic rings. The Hall–Kier alpha value is -1.29. The van der Waals surface area contributed by atoms with E-state index in [0.29, 0.717) is 0 Å². The maximum absolute atomic E-state index is 10.0. The molecule has 0 aromatic carbocycles. The Morgan fingerprint density at radius 2 is 1.87 bits per heavy atom. The van der Waals surface area contributed by atoms with Crippen LogP contribution < -0.4 is 0 Å². The maximum Gasteiger partial charge on any atom is 0.352 e. The van der Waals surface area contributed by atoms with Gasteiger partial charge in [0.1, 0.15) is 5.69 Å². The molecule has 1 rings (SSSR count). The number of aromatic amines is 1. The summed E-state index contributed by atoms with van der Waals surface area (Å²) in [4.78, 5) is 14.9. The lowest BCUT2D eigenvalue weighted by Crippen LogP contribution is -2.21. The van der Waals surface area contributed by atoms with E-state index in [0.717, 1.165) is 0 Å². The monoisotopic (exact) mass is 212 g/mol. The van der Waals surface area contributed by atoms with E-state index < -0.39 is 5.97 Å². The Morgan fingerprint density at radius 1 is 1.33 bits per heavy atom. The van der Waals surface area contributed by atoms with Crippen molar-refractivity contribution in [3.05, 3.63) is 24.0 Å². The summed E-state index contributed by atoms with van der Waals surface area (Å²) >= 11 is 0. The number of carboxylic acid groups (broad SMARTS) is 1. The first-order valence-corrected chi connectivity index (χ1v) is 5.24. The standard InChI is InChI=1S/C6H15N.C5H5NO2/c1-4-7(5-2)6-3;7-5(8)4-2-1-3-6-4/h4-6H2,1-3H3;1-3,6H,(H,7,8). The Kier molecular flexibility index (Phi) is 7.36. The van der Waals surface area contributed by atoms with Crippen LogP contribution in [0.3, 0.4) is 0 Å². The van der Waals surface area contributed by atoms with Gasteiger partial charge in [-0.1, -0.05) is 20.8 Å². The van der Waals surface area contributed by atoms with Gasteiger partial charge in [0.05, 0.1) is 0 Å². The van der Waals surface area contributed by atoms with E-state index in [9.17, 15) is 4.79 Å². The highest BCUT2D eigenvalue weighted by molar-refractivity contribution is 5.85. The van der Waals surface area contributed by atoms with E-state index in [1.54, 1.807) is 12.3 Å². The summed E-state index contributed by atoms with van der Waals surface area (Å²) < 4.78 is 0. The molecular formula is C11H20N2O2. The highest BCUT2D eigenvalue weighted by atomic mass is 16.4. The molecule has 0 radical (unpaired) electrons. The quantitative estimate of drug-likeness (QED) is 0.803. The van der Waals surface area contributed by atoms with Gasteiger partial charge < -0.3 is 15.0 Å². The molecule has 15 heavy (non-hydrogen) atoms. The predicted octanol–water partition coefficient (Wildman–Crippen LogP) is 2.06. The van der Waals surface area contributed by atoms with E-state index in [4.69, 9.17) is 5.11 Å². The maximum atomic E-state index is 10.0. The second kappa shape index (κ2) is 8.05. The average molecular weight is 212 g/mol. The van der Waals surface area contributed by atoms with Gasteiger partial charge >= 0.3 is 5.97 Å². The minimum atomic E-state index is -0.921. The van der Waals surface area contributed by atoms with Crippen LogP contribution in [0, 0.1) is 0 Å². The van der Waals surface area contributed by atoms with Gasteiger partial charge in [-0.05, 0) is 31.8 Å². The molecule has 0 fully saturated rings. The number of carboxylic acids is 1. The number of carbonyl (C=O) groups is 1. The molecule has 86 valence electrons. The van der Waals surface area contributed by atoms with E-state index >= 15 is 0 Å². The number of H-pyrrole nitrogens is 1. The van der Waals surface area contributed by atoms with E-state index in [-0.39, 0.29) is 5.69 Å². The molecule has 0 saturated carbocycles. The van der Waals surface area contributed by atoms with Crippen molar-refractivity contribution in [3.8, 4) is 0 Å². The van der Waals surface area contributed by atoms with Crippen molar-refractivity contribution in [1.82, 2.24) is 9.88 Å². The van der Waals surface area contributed by atoms with Gasteiger partial charge in [0.15, 0.2) is 0 Å². The predicted molar refractivity (Wildman–Crippen MR) is 61.2 cm³/mol. The molecule has 0 spiro atoms. The molecular weight excluding hydrogens is 192 g/mol. The SMILES string of the molecule is CCN(CC)CC.O=C(O)c1ccc[nH]1. The second-order valence-corrected chi connectivity index (χ2v) is 3.01. The zero-order valence-electron chi connectivity index (χ0n) is 9.66. The van der Waals surface area contributed by atoms with Gasteiger partial charge in [-0.3, -0.25) is 0 Å². The molecule has 1 heterocycles. The third kappa shape index (κ3) is 5.91. The van der Waals surface area contributed by atoms with Crippen LogP contribution >= 0.6 is 0 Å². The van der Waals surface area contributed by atoms with Crippen LogP contribution in [-0.4, -0.2) is 40.6 Å². The first kappa shape index (κ1) is 13.7. The molecule has 0 aliphatic carbocycles. The van der Waals surface area contributed by atoms with Crippen LogP contribution in [0.15, 0.2) is 18.3 Å². The topological polar surface area (TPSA) is 56.3 Å². The number of nitrogens with zero attached hydrogens (tertiary/aromatic N) is 1. The number of hydrogen-bond acceptors (Lipinski definition) is 2. The molecule has 0 amide bonds. The van der Waals surface area contributed by atoms with Crippen molar-refractivity contribution >= 4 is 5.97 Å². The highest BCUT2D eigenvalue weighted by Crippen LogP contribution is 1.91. The van der Waals surface area contributed by atoms with E-state index in [1.807, 2.05) is 0 Å². The van der Waals surface area contributed by atoms with Gasteiger partial charge in [0.2, 0.25) is 0 Å². The number of rotatable bonds is 4. The summed E-state index contributed by atoms with van der Waals surface area (Å²) in [6.07, 6.45) is 1.57. The molecule has 1 aromatic rings. The molecule has 4 nitrogen and oxygen atoms in total. The van der Waals surface area contributed by atoms with E-state index in [1.165, 1.54) is 25.7 Å². The smallest absolute Gasteiger partial charge is 0.352 e. The first-order chi connectivity index (χ1) is 7.15. The molecule has 0 atom stereocenters. The number of hydrogen-bond donors (Lipinski definition) is 2. The third-order valence-corrected chi connectivity index (χ3v) is 2.17. The fraction of sp³-hybridized carbons (Fsp3) is 0.545. The Morgan fingerprint density at radius 3 is 2.00 bits per heavy atom. The van der Waals surface area contributed by atoms with Crippen LogP contribution in [0.1, 0.15) is 31.3 Å². The molecule has 0 saturated heterocycles. The van der Waals surface area contributed by atoms with Crippen molar-refractivity contribution in [3.63, 3.8) is 0 Å². The minimum absolute atomic E-state index is 0.227. The molecule has 0 bridgehead atoms. The van der Waals surface area contributed by atoms with Gasteiger partial charge in [-0.2, -0.15) is 0 Å². The molecule has 2 N–H and O–H groups in total. The van der Waals surface area contributed by atoms with Crippen LogP contribution in [0.2, 0.25) is 0 Å². The van der Waals surface area contributed by atoms with Crippen molar-refractivity contribution in [1.29, 1.82) is 0 Å². The first-order valence-electron chi connectivity index (χ1n) is 5.24. The molecule has 0 aliphatic heterocycles. The fourth-order valence-electron chi connectivity index (χ4n) is 1.13. The van der Waals surface area contributed by atoms with Gasteiger partial charge in [-0.15, -0.1) is 0 Å². The lowest BCUT2D eigenvalue weighted by Gasteiger charge is -2.13. The Bertz CT molecular complexity index is 248. The van der Waals surface area contributed by atoms with Gasteiger partial charge in [0, 0.05) is 6.20 Å². The van der Waals surface area contributed by atoms with Crippen molar-refractivity contribution in [2.45, 2.75) is 20.8 Å². The number of aromatic nitrogens is 1. The number of aromatic carboxylic acids is 1. The summed E-state index contributed by atoms with van der Waals surface area (Å²) in [5, 5.41) is 8.24. The number of nitrogens with one attached hydrogen (secondary N) is 1. The van der Waals surface area contributed by atoms with Crippen LogP contribution in [0.5, 0.6) is 0 Å². The Balaban J connectivity index is 0.000000265. The second-order valence-electron chi connectivity index (χ2n) is 3.01. The highest BCUT2D eigenvalue weighted by Gasteiger charge is 1.98. The molecule has 0 unspecified atom stereocenters. The minimum Gasteiger partial charge on any atom is -0.477 e. The zero-order valence-corrected chi connectivity index (χ0v) is 9.66. The van der Waals surface area contributed by atoms with Gasteiger partial charge in [-0.25, -0.2) is 4.79 Å². The largest absolute Gasteiger partial charge is 0.477 e. The van der Waals surface area contributed by atoms with Crippen LogP contribution in [0.25, 0.3) is 0 Å². The average Bonchev–Trinajstić information content (AvgIpc) is 2.74. The van der Waals surface area contributed by atoms with Crippen molar-refractivity contribution in [2.75, 3.05) is 19.6 Å². The molecule has 4 heteroatoms. The fourth-order valence-corrected chi connectivity index (χ4v) is 1.13. The molecule has 1 aromatic heterocycles. The summed E-state index contributed by atoms with van der Waals surface area (Å²) in [7, 11) is 0. The summed E-state index contributed by atoms with van der Waals surface area (Å²) in [6.45, 7) is 10.1. The lowest BCUT2D eigenvalue weighted by molar-refractivity contribution is 0.0691. The lowest BCUT2D eigenvalue weighted by atomic mass is 10.4. The van der Waals surface area contributed by atoms with Crippen LogP contribution in [-0.2, 0) is 0 Å². The van der Waals surface area contributed by atoms with Crippen LogP contribution in [0.4, 0.5) is 0 Å². The summed E-state index contributed by atoms with van der Waals surface area (Å²) in [6, 6.07) is 3.14. The zero-order chi connectivity index (χ0) is 11.7. The summed E-state index contributed by atoms with van der Waals surface area (Å²) in [5.74, 6) is -0.921. The normalized spacial score (nSPS) is 9.60. The third-order valence-electron chi connectivity index (χ3n) is 2.17. The van der Waals surface area contributed by atoms with Gasteiger partial charge in [0.25, 0.3) is 0 Å². The van der Waals surface area contributed by atoms with Crippen molar-refractivity contribution in [2.24, 2.45) is 0 Å². The van der Waals surface area contributed by atoms with Crippen molar-refractivity contribution < 1.29 is 9.90 Å².